The van der Waals surface area contributed by atoms with E-state index in [1.807, 2.05) is 13.8 Å². The first-order valence-electron chi connectivity index (χ1n) is 6.77. The Morgan fingerprint density at radius 3 is 2.70 bits per heavy atom. The van der Waals surface area contributed by atoms with Crippen molar-refractivity contribution in [2.45, 2.75) is 20.3 Å². The van der Waals surface area contributed by atoms with Crippen molar-refractivity contribution in [2.24, 2.45) is 7.05 Å². The highest BCUT2D eigenvalue weighted by Crippen LogP contribution is 2.26. The van der Waals surface area contributed by atoms with E-state index in [1.165, 1.54) is 0 Å². The third-order valence-corrected chi connectivity index (χ3v) is 4.58. The van der Waals surface area contributed by atoms with Crippen molar-refractivity contribution in [3.8, 4) is 0 Å². The van der Waals surface area contributed by atoms with Crippen molar-refractivity contribution in [2.75, 3.05) is 32.5 Å². The summed E-state index contributed by atoms with van der Waals surface area (Å²) in [6.45, 7) is 5.85. The lowest BCUT2D eigenvalue weighted by Gasteiger charge is -2.12. The van der Waals surface area contributed by atoms with Gasteiger partial charge in [-0.2, -0.15) is 0 Å². The Morgan fingerprint density at radius 1 is 1.35 bits per heavy atom. The zero-order valence-electron chi connectivity index (χ0n) is 12.8. The van der Waals surface area contributed by atoms with Crippen LogP contribution in [0.1, 0.15) is 16.9 Å². The molecule has 0 spiro atoms. The van der Waals surface area contributed by atoms with Gasteiger partial charge >= 0.3 is 0 Å². The molecule has 0 fully saturated rings. The average Bonchev–Trinajstić information content (AvgIpc) is 2.66. The van der Waals surface area contributed by atoms with Crippen LogP contribution in [0.5, 0.6) is 0 Å². The van der Waals surface area contributed by atoms with E-state index in [4.69, 9.17) is 0 Å². The average molecular weight is 294 g/mol. The first-order valence-corrected chi connectivity index (χ1v) is 7.58. The van der Waals surface area contributed by atoms with Gasteiger partial charge in [-0.3, -0.25) is 9.36 Å². The second-order valence-electron chi connectivity index (χ2n) is 5.35. The van der Waals surface area contributed by atoms with Gasteiger partial charge in [-0.05, 0) is 46.5 Å². The van der Waals surface area contributed by atoms with Gasteiger partial charge in [-0.25, -0.2) is 4.98 Å². The van der Waals surface area contributed by atoms with E-state index in [0.717, 1.165) is 40.2 Å². The lowest BCUT2D eigenvalue weighted by atomic mass is 10.2. The summed E-state index contributed by atoms with van der Waals surface area (Å²) < 4.78 is 1.61. The lowest BCUT2D eigenvalue weighted by Crippen LogP contribution is -2.23. The second kappa shape index (κ2) is 5.93. The van der Waals surface area contributed by atoms with E-state index in [9.17, 15) is 4.79 Å². The van der Waals surface area contributed by atoms with Gasteiger partial charge in [0, 0.05) is 18.5 Å². The molecular weight excluding hydrogens is 272 g/mol. The summed E-state index contributed by atoms with van der Waals surface area (Å²) in [5, 5.41) is 4.02. The van der Waals surface area contributed by atoms with Crippen molar-refractivity contribution >= 4 is 27.5 Å². The topological polar surface area (TPSA) is 50.2 Å². The summed E-state index contributed by atoms with van der Waals surface area (Å²) in [6, 6.07) is 0. The number of aromatic nitrogens is 2. The smallest absolute Gasteiger partial charge is 0.263 e. The van der Waals surface area contributed by atoms with Gasteiger partial charge in [-0.1, -0.05) is 0 Å². The number of aryl methyl sites for hydroxylation is 2. The molecule has 0 aliphatic rings. The first kappa shape index (κ1) is 15.0. The molecule has 20 heavy (non-hydrogen) atoms. The van der Waals surface area contributed by atoms with Crippen LogP contribution in [0.2, 0.25) is 0 Å². The second-order valence-corrected chi connectivity index (χ2v) is 6.55. The van der Waals surface area contributed by atoms with E-state index in [0.29, 0.717) is 5.95 Å². The number of rotatable bonds is 5. The molecule has 0 amide bonds. The van der Waals surface area contributed by atoms with Gasteiger partial charge in [0.05, 0.1) is 5.39 Å². The molecule has 0 aliphatic carbocycles. The fourth-order valence-electron chi connectivity index (χ4n) is 2.13. The standard InChI is InChI=1S/C14H22N4OS/c1-9-10(2)20-12-11(9)13(19)18(5)14(16-12)15-7-6-8-17(3)4/h6-8H2,1-5H3,(H,15,16). The normalized spacial score (nSPS) is 11.5. The third-order valence-electron chi connectivity index (χ3n) is 3.48. The van der Waals surface area contributed by atoms with Crippen molar-refractivity contribution < 1.29 is 0 Å². The molecule has 6 heteroatoms. The van der Waals surface area contributed by atoms with Gasteiger partial charge in [0.2, 0.25) is 5.95 Å². The molecule has 0 bridgehead atoms. The molecule has 0 aromatic carbocycles. The number of nitrogens with one attached hydrogen (secondary N) is 1. The molecule has 0 radical (unpaired) electrons. The maximum Gasteiger partial charge on any atom is 0.263 e. The van der Waals surface area contributed by atoms with Crippen LogP contribution in [0, 0.1) is 13.8 Å². The Morgan fingerprint density at radius 2 is 2.05 bits per heavy atom. The van der Waals surface area contributed by atoms with Crippen LogP contribution in [0.4, 0.5) is 5.95 Å². The summed E-state index contributed by atoms with van der Waals surface area (Å²) in [5.74, 6) is 0.655. The quantitative estimate of drug-likeness (QED) is 0.857. The predicted molar refractivity (Wildman–Crippen MR) is 86.0 cm³/mol. The Balaban J connectivity index is 2.27. The Kier molecular flexibility index (Phi) is 4.45. The van der Waals surface area contributed by atoms with Gasteiger partial charge in [-0.15, -0.1) is 11.3 Å². The highest BCUT2D eigenvalue weighted by atomic mass is 32.1. The minimum Gasteiger partial charge on any atom is -0.355 e. The number of thiophene rings is 1. The number of hydrogen-bond donors (Lipinski definition) is 1. The van der Waals surface area contributed by atoms with Crippen LogP contribution < -0.4 is 10.9 Å². The number of anilines is 1. The molecule has 2 rings (SSSR count). The minimum atomic E-state index is 0.0342. The molecule has 5 nitrogen and oxygen atoms in total. The van der Waals surface area contributed by atoms with E-state index in [2.05, 4.69) is 29.3 Å². The molecule has 110 valence electrons. The molecule has 1 N–H and O–H groups in total. The van der Waals surface area contributed by atoms with Crippen molar-refractivity contribution in [3.63, 3.8) is 0 Å². The van der Waals surface area contributed by atoms with E-state index in [-0.39, 0.29) is 5.56 Å². The highest BCUT2D eigenvalue weighted by molar-refractivity contribution is 7.18. The Labute approximate surface area is 123 Å². The van der Waals surface area contributed by atoms with Crippen molar-refractivity contribution in [1.82, 2.24) is 14.5 Å². The summed E-state index contributed by atoms with van der Waals surface area (Å²) >= 11 is 1.59. The van der Waals surface area contributed by atoms with Gasteiger partial charge in [0.1, 0.15) is 4.83 Å². The van der Waals surface area contributed by atoms with Crippen LogP contribution >= 0.6 is 11.3 Å². The predicted octanol–water partition coefficient (Wildman–Crippen LogP) is 1.98. The van der Waals surface area contributed by atoms with Crippen molar-refractivity contribution in [3.05, 3.63) is 20.8 Å². The Hall–Kier alpha value is -1.40. The molecule has 0 saturated carbocycles. The van der Waals surface area contributed by atoms with E-state index < -0.39 is 0 Å². The zero-order valence-corrected chi connectivity index (χ0v) is 13.6. The van der Waals surface area contributed by atoms with Crippen molar-refractivity contribution in [1.29, 1.82) is 0 Å². The number of nitrogens with zero attached hydrogens (tertiary/aromatic N) is 3. The molecule has 2 aromatic heterocycles. The number of hydrogen-bond acceptors (Lipinski definition) is 5. The summed E-state index contributed by atoms with van der Waals surface area (Å²) in [4.78, 5) is 21.1. The van der Waals surface area contributed by atoms with Gasteiger partial charge < -0.3 is 10.2 Å². The summed E-state index contributed by atoms with van der Waals surface area (Å²) in [5.41, 5.74) is 1.09. The summed E-state index contributed by atoms with van der Waals surface area (Å²) in [6.07, 6.45) is 1.02. The highest BCUT2D eigenvalue weighted by Gasteiger charge is 2.14. The fraction of sp³-hybridized carbons (Fsp3) is 0.571. The zero-order chi connectivity index (χ0) is 14.9. The molecule has 0 unspecified atom stereocenters. The monoisotopic (exact) mass is 294 g/mol. The molecule has 2 heterocycles. The summed E-state index contributed by atoms with van der Waals surface area (Å²) in [7, 11) is 5.88. The minimum absolute atomic E-state index is 0.0342. The molecule has 0 aliphatic heterocycles. The van der Waals surface area contributed by atoms with E-state index in [1.54, 1.807) is 23.0 Å². The van der Waals surface area contributed by atoms with Crippen LogP contribution in [0.25, 0.3) is 10.2 Å². The molecular formula is C14H22N4OS. The molecule has 0 atom stereocenters. The SMILES string of the molecule is Cc1sc2nc(NCCCN(C)C)n(C)c(=O)c2c1C. The van der Waals surface area contributed by atoms with Crippen LogP contribution in [0.15, 0.2) is 4.79 Å². The number of fused-ring (bicyclic) bond motifs is 1. The van der Waals surface area contributed by atoms with Crippen LogP contribution in [-0.4, -0.2) is 41.6 Å². The fourth-order valence-corrected chi connectivity index (χ4v) is 3.15. The third kappa shape index (κ3) is 2.86. The van der Waals surface area contributed by atoms with Crippen LogP contribution in [0.3, 0.4) is 0 Å². The van der Waals surface area contributed by atoms with Crippen LogP contribution in [-0.2, 0) is 7.05 Å². The lowest BCUT2D eigenvalue weighted by molar-refractivity contribution is 0.405. The van der Waals surface area contributed by atoms with E-state index >= 15 is 0 Å². The molecule has 0 saturated heterocycles. The maximum absolute atomic E-state index is 12.4. The Bertz CT molecular complexity index is 672. The maximum atomic E-state index is 12.4. The van der Waals surface area contributed by atoms with Gasteiger partial charge in [0.15, 0.2) is 0 Å². The largest absolute Gasteiger partial charge is 0.355 e. The van der Waals surface area contributed by atoms with Gasteiger partial charge in [0.25, 0.3) is 5.56 Å². The molecule has 2 aromatic rings. The first-order chi connectivity index (χ1) is 9.41.